The van der Waals surface area contributed by atoms with Gasteiger partial charge in [0, 0.05) is 25.7 Å². The fourth-order valence-corrected chi connectivity index (χ4v) is 2.28. The third-order valence-electron chi connectivity index (χ3n) is 3.23. The van der Waals surface area contributed by atoms with Gasteiger partial charge in [0.2, 0.25) is 0 Å². The summed E-state index contributed by atoms with van der Waals surface area (Å²) in [6.45, 7) is 3.22. The van der Waals surface area contributed by atoms with Gasteiger partial charge in [-0.15, -0.1) is 0 Å². The van der Waals surface area contributed by atoms with Crippen molar-refractivity contribution >= 4 is 11.4 Å². The van der Waals surface area contributed by atoms with Crippen molar-refractivity contribution < 1.29 is 14.8 Å². The number of para-hydroxylation sites is 2. The molecule has 0 amide bonds. The summed E-state index contributed by atoms with van der Waals surface area (Å²) in [6, 6.07) is 6.54. The van der Waals surface area contributed by atoms with E-state index in [0.717, 1.165) is 6.54 Å². The third-order valence-corrected chi connectivity index (χ3v) is 3.23. The SMILES string of the molecule is O=[N+]([O-])c1ccccc1NC1COCCN(CCO)C1. The van der Waals surface area contributed by atoms with E-state index in [1.165, 1.54) is 6.07 Å². The molecule has 1 aliphatic rings. The average molecular weight is 281 g/mol. The first-order valence-electron chi connectivity index (χ1n) is 6.61. The van der Waals surface area contributed by atoms with E-state index in [0.29, 0.717) is 32.0 Å². The van der Waals surface area contributed by atoms with Crippen LogP contribution >= 0.6 is 0 Å². The molecule has 1 fully saturated rings. The zero-order valence-electron chi connectivity index (χ0n) is 11.2. The van der Waals surface area contributed by atoms with Crippen LogP contribution in [0.1, 0.15) is 0 Å². The summed E-state index contributed by atoms with van der Waals surface area (Å²) in [5.41, 5.74) is 0.558. The molecule has 2 rings (SSSR count). The molecular weight excluding hydrogens is 262 g/mol. The lowest BCUT2D eigenvalue weighted by atomic mass is 10.2. The van der Waals surface area contributed by atoms with Gasteiger partial charge in [0.1, 0.15) is 5.69 Å². The van der Waals surface area contributed by atoms with Crippen LogP contribution in [0.15, 0.2) is 24.3 Å². The average Bonchev–Trinajstić information content (AvgIpc) is 2.65. The van der Waals surface area contributed by atoms with Crippen molar-refractivity contribution in [2.45, 2.75) is 6.04 Å². The van der Waals surface area contributed by atoms with Gasteiger partial charge in [0.25, 0.3) is 5.69 Å². The highest BCUT2D eigenvalue weighted by Gasteiger charge is 2.21. The van der Waals surface area contributed by atoms with E-state index in [-0.39, 0.29) is 18.3 Å². The number of nitro groups is 1. The highest BCUT2D eigenvalue weighted by atomic mass is 16.6. The summed E-state index contributed by atoms with van der Waals surface area (Å²) < 4.78 is 5.50. The molecule has 1 atom stereocenters. The van der Waals surface area contributed by atoms with Gasteiger partial charge in [-0.3, -0.25) is 15.0 Å². The molecule has 110 valence electrons. The number of nitrogens with zero attached hydrogens (tertiary/aromatic N) is 2. The Morgan fingerprint density at radius 1 is 1.50 bits per heavy atom. The smallest absolute Gasteiger partial charge is 0.292 e. The monoisotopic (exact) mass is 281 g/mol. The quantitative estimate of drug-likeness (QED) is 0.610. The number of benzene rings is 1. The minimum Gasteiger partial charge on any atom is -0.395 e. The number of ether oxygens (including phenoxy) is 1. The first-order chi connectivity index (χ1) is 9.70. The van der Waals surface area contributed by atoms with Crippen LogP contribution < -0.4 is 5.32 Å². The maximum absolute atomic E-state index is 11.0. The second-order valence-electron chi connectivity index (χ2n) is 4.71. The van der Waals surface area contributed by atoms with E-state index in [1.54, 1.807) is 18.2 Å². The molecule has 20 heavy (non-hydrogen) atoms. The highest BCUT2D eigenvalue weighted by molar-refractivity contribution is 5.61. The van der Waals surface area contributed by atoms with Crippen LogP contribution in [0.3, 0.4) is 0 Å². The number of aliphatic hydroxyl groups excluding tert-OH is 1. The molecule has 0 spiro atoms. The predicted molar refractivity (Wildman–Crippen MR) is 74.9 cm³/mol. The van der Waals surface area contributed by atoms with Gasteiger partial charge in [-0.1, -0.05) is 12.1 Å². The normalized spacial score (nSPS) is 20.4. The van der Waals surface area contributed by atoms with Gasteiger partial charge in [-0.05, 0) is 6.07 Å². The largest absolute Gasteiger partial charge is 0.395 e. The van der Waals surface area contributed by atoms with Gasteiger partial charge in [-0.2, -0.15) is 0 Å². The first-order valence-corrected chi connectivity index (χ1v) is 6.61. The van der Waals surface area contributed by atoms with Crippen LogP contribution in [0.5, 0.6) is 0 Å². The Morgan fingerprint density at radius 3 is 3.05 bits per heavy atom. The van der Waals surface area contributed by atoms with Crippen LogP contribution in [0.25, 0.3) is 0 Å². The number of anilines is 1. The Hall–Kier alpha value is -1.70. The van der Waals surface area contributed by atoms with Crippen molar-refractivity contribution in [3.63, 3.8) is 0 Å². The Bertz CT molecular complexity index is 455. The van der Waals surface area contributed by atoms with E-state index in [2.05, 4.69) is 10.2 Å². The van der Waals surface area contributed by atoms with Gasteiger partial charge < -0.3 is 15.2 Å². The van der Waals surface area contributed by atoms with E-state index < -0.39 is 4.92 Å². The van der Waals surface area contributed by atoms with Crippen molar-refractivity contribution in [1.29, 1.82) is 0 Å². The molecule has 1 unspecified atom stereocenters. The molecule has 2 N–H and O–H groups in total. The number of nitrogens with one attached hydrogen (secondary N) is 1. The van der Waals surface area contributed by atoms with Crippen molar-refractivity contribution in [1.82, 2.24) is 4.90 Å². The van der Waals surface area contributed by atoms with E-state index in [9.17, 15) is 10.1 Å². The molecule has 0 aromatic heterocycles. The molecule has 7 heteroatoms. The summed E-state index contributed by atoms with van der Waals surface area (Å²) in [6.07, 6.45) is 0. The zero-order chi connectivity index (χ0) is 14.4. The second kappa shape index (κ2) is 7.18. The lowest BCUT2D eigenvalue weighted by molar-refractivity contribution is -0.384. The highest BCUT2D eigenvalue weighted by Crippen LogP contribution is 2.24. The van der Waals surface area contributed by atoms with Gasteiger partial charge >= 0.3 is 0 Å². The lowest BCUT2D eigenvalue weighted by Crippen LogP contribution is -2.38. The van der Waals surface area contributed by atoms with Crippen LogP contribution in [-0.2, 0) is 4.74 Å². The maximum Gasteiger partial charge on any atom is 0.292 e. The summed E-state index contributed by atoms with van der Waals surface area (Å²) >= 11 is 0. The number of hydrogen-bond acceptors (Lipinski definition) is 6. The fourth-order valence-electron chi connectivity index (χ4n) is 2.28. The van der Waals surface area contributed by atoms with Gasteiger partial charge in [0.05, 0.1) is 30.8 Å². The van der Waals surface area contributed by atoms with Gasteiger partial charge in [0.15, 0.2) is 0 Å². The number of nitro benzene ring substituents is 1. The summed E-state index contributed by atoms with van der Waals surface area (Å²) in [5.74, 6) is 0. The number of hydrogen-bond donors (Lipinski definition) is 2. The molecule has 1 aromatic carbocycles. The number of β-amino-alcohol motifs (C(OH)–C–C–N with tert-alkyl or cyclic N) is 1. The number of aliphatic hydroxyl groups is 1. The molecule has 0 radical (unpaired) electrons. The van der Waals surface area contributed by atoms with Crippen LogP contribution in [0.4, 0.5) is 11.4 Å². The molecule has 0 aliphatic carbocycles. The molecule has 0 saturated carbocycles. The van der Waals surface area contributed by atoms with Crippen LogP contribution in [0, 0.1) is 10.1 Å². The minimum absolute atomic E-state index is 0.0369. The van der Waals surface area contributed by atoms with Crippen LogP contribution in [-0.4, -0.2) is 60.4 Å². The Kier molecular flexibility index (Phi) is 5.28. The molecular formula is C13H19N3O4. The molecule has 7 nitrogen and oxygen atoms in total. The lowest BCUT2D eigenvalue weighted by Gasteiger charge is -2.23. The predicted octanol–water partition coefficient (Wildman–Crippen LogP) is 0.700. The van der Waals surface area contributed by atoms with Crippen molar-refractivity contribution in [3.05, 3.63) is 34.4 Å². The molecule has 1 aliphatic heterocycles. The Balaban J connectivity index is 2.06. The van der Waals surface area contributed by atoms with Crippen LogP contribution in [0.2, 0.25) is 0 Å². The van der Waals surface area contributed by atoms with E-state index >= 15 is 0 Å². The van der Waals surface area contributed by atoms with Crippen molar-refractivity contribution in [2.75, 3.05) is 44.8 Å². The van der Waals surface area contributed by atoms with E-state index in [1.807, 2.05) is 0 Å². The molecule has 1 heterocycles. The number of rotatable bonds is 5. The Labute approximate surface area is 117 Å². The zero-order valence-corrected chi connectivity index (χ0v) is 11.2. The van der Waals surface area contributed by atoms with Crippen molar-refractivity contribution in [3.8, 4) is 0 Å². The summed E-state index contributed by atoms with van der Waals surface area (Å²) in [4.78, 5) is 12.7. The minimum atomic E-state index is -0.397. The molecule has 1 saturated heterocycles. The van der Waals surface area contributed by atoms with E-state index in [4.69, 9.17) is 9.84 Å². The van der Waals surface area contributed by atoms with Gasteiger partial charge in [-0.25, -0.2) is 0 Å². The summed E-state index contributed by atoms with van der Waals surface area (Å²) in [7, 11) is 0. The molecule has 0 bridgehead atoms. The maximum atomic E-state index is 11.0. The fraction of sp³-hybridized carbons (Fsp3) is 0.538. The first kappa shape index (κ1) is 14.7. The third kappa shape index (κ3) is 3.89. The Morgan fingerprint density at radius 2 is 2.30 bits per heavy atom. The second-order valence-corrected chi connectivity index (χ2v) is 4.71. The standard InChI is InChI=1S/C13H19N3O4/c17-7-5-15-6-8-20-10-11(9-15)14-12-3-1-2-4-13(12)16(18)19/h1-4,11,14,17H,5-10H2. The van der Waals surface area contributed by atoms with Crippen molar-refractivity contribution in [2.24, 2.45) is 0 Å². The molecule has 1 aromatic rings. The topological polar surface area (TPSA) is 87.9 Å². The summed E-state index contributed by atoms with van der Waals surface area (Å²) in [5, 5.41) is 23.2.